The van der Waals surface area contributed by atoms with Crippen LogP contribution in [0.25, 0.3) is 0 Å². The van der Waals surface area contributed by atoms with Gasteiger partial charge in [0.15, 0.2) is 0 Å². The normalized spacial score (nSPS) is 17.8. The van der Waals surface area contributed by atoms with Crippen molar-refractivity contribution in [1.82, 2.24) is 4.90 Å². The van der Waals surface area contributed by atoms with Crippen molar-refractivity contribution in [3.05, 3.63) is 18.2 Å². The second-order valence-electron chi connectivity index (χ2n) is 5.12. The number of nitrogens with one attached hydrogen (secondary N) is 1. The predicted octanol–water partition coefficient (Wildman–Crippen LogP) is 1.33. The highest BCUT2D eigenvalue weighted by molar-refractivity contribution is 5.97. The van der Waals surface area contributed by atoms with Crippen molar-refractivity contribution in [2.24, 2.45) is 0 Å². The number of ether oxygens (including phenoxy) is 2. The molecule has 1 saturated heterocycles. The van der Waals surface area contributed by atoms with Crippen molar-refractivity contribution in [2.75, 3.05) is 44.5 Å². The minimum Gasteiger partial charge on any atom is -0.497 e. The van der Waals surface area contributed by atoms with Crippen molar-refractivity contribution in [2.45, 2.75) is 19.4 Å². The summed E-state index contributed by atoms with van der Waals surface area (Å²) in [4.78, 5) is 14.5. The van der Waals surface area contributed by atoms with E-state index in [0.29, 0.717) is 23.7 Å². The third-order valence-electron chi connectivity index (χ3n) is 3.70. The Balaban J connectivity index is 1.99. The number of rotatable bonds is 4. The lowest BCUT2D eigenvalue weighted by Crippen LogP contribution is -2.43. The highest BCUT2D eigenvalue weighted by Crippen LogP contribution is 2.24. The number of nitrogens with zero attached hydrogens (tertiary/aromatic N) is 1. The fraction of sp³-hybridized carbons (Fsp3) is 0.533. The van der Waals surface area contributed by atoms with E-state index in [1.807, 2.05) is 6.92 Å². The van der Waals surface area contributed by atoms with E-state index in [1.165, 1.54) is 0 Å². The van der Waals surface area contributed by atoms with Gasteiger partial charge in [-0.15, -0.1) is 0 Å². The van der Waals surface area contributed by atoms with Gasteiger partial charge in [0, 0.05) is 25.8 Å². The van der Waals surface area contributed by atoms with Crippen LogP contribution in [0.4, 0.5) is 11.4 Å². The molecule has 1 amide bonds. The molecule has 6 heteroatoms. The van der Waals surface area contributed by atoms with Gasteiger partial charge in [-0.05, 0) is 25.5 Å². The maximum absolute atomic E-state index is 12.4. The molecule has 1 heterocycles. The van der Waals surface area contributed by atoms with Gasteiger partial charge in [-0.2, -0.15) is 0 Å². The summed E-state index contributed by atoms with van der Waals surface area (Å²) in [6, 6.07) is 5.01. The maximum Gasteiger partial charge on any atom is 0.241 e. The Bertz CT molecular complexity index is 485. The SMILES string of the molecule is COc1ccc(NC(=O)C(C)N2CCCOCC2)c(N)c1. The van der Waals surface area contributed by atoms with E-state index in [2.05, 4.69) is 10.2 Å². The first kappa shape index (κ1) is 15.6. The van der Waals surface area contributed by atoms with Crippen LogP contribution in [-0.4, -0.2) is 50.3 Å². The number of carbonyl (C=O) groups is 1. The van der Waals surface area contributed by atoms with Gasteiger partial charge in [0.25, 0.3) is 0 Å². The molecular formula is C15H23N3O3. The van der Waals surface area contributed by atoms with Crippen LogP contribution in [0.2, 0.25) is 0 Å². The molecule has 6 nitrogen and oxygen atoms in total. The summed E-state index contributed by atoms with van der Waals surface area (Å²) in [6.07, 6.45) is 0.947. The summed E-state index contributed by atoms with van der Waals surface area (Å²) in [5.74, 6) is 0.608. The van der Waals surface area contributed by atoms with Gasteiger partial charge < -0.3 is 20.5 Å². The van der Waals surface area contributed by atoms with Gasteiger partial charge >= 0.3 is 0 Å². The molecule has 2 rings (SSSR count). The largest absolute Gasteiger partial charge is 0.497 e. The second kappa shape index (κ2) is 7.28. The van der Waals surface area contributed by atoms with E-state index < -0.39 is 0 Å². The number of hydrogen-bond acceptors (Lipinski definition) is 5. The molecule has 0 spiro atoms. The van der Waals surface area contributed by atoms with Crippen LogP contribution in [0, 0.1) is 0 Å². The topological polar surface area (TPSA) is 76.8 Å². The molecule has 1 aliphatic heterocycles. The average Bonchev–Trinajstić information content (AvgIpc) is 2.77. The van der Waals surface area contributed by atoms with Crippen molar-refractivity contribution >= 4 is 17.3 Å². The van der Waals surface area contributed by atoms with Crippen LogP contribution >= 0.6 is 0 Å². The molecular weight excluding hydrogens is 270 g/mol. The highest BCUT2D eigenvalue weighted by Gasteiger charge is 2.22. The van der Waals surface area contributed by atoms with Gasteiger partial charge in [-0.25, -0.2) is 0 Å². The summed E-state index contributed by atoms with van der Waals surface area (Å²) >= 11 is 0. The van der Waals surface area contributed by atoms with E-state index in [9.17, 15) is 4.79 Å². The molecule has 0 bridgehead atoms. The van der Waals surface area contributed by atoms with E-state index >= 15 is 0 Å². The highest BCUT2D eigenvalue weighted by atomic mass is 16.5. The maximum atomic E-state index is 12.4. The molecule has 1 fully saturated rings. The third kappa shape index (κ3) is 4.09. The zero-order valence-corrected chi connectivity index (χ0v) is 12.6. The van der Waals surface area contributed by atoms with Crippen molar-refractivity contribution in [3.63, 3.8) is 0 Å². The molecule has 0 aliphatic carbocycles. The minimum absolute atomic E-state index is 0.0613. The van der Waals surface area contributed by atoms with Crippen LogP contribution in [-0.2, 0) is 9.53 Å². The number of nitrogens with two attached hydrogens (primary N) is 1. The quantitative estimate of drug-likeness (QED) is 0.819. The average molecular weight is 293 g/mol. The number of nitrogen functional groups attached to an aromatic ring is 1. The van der Waals surface area contributed by atoms with Crippen LogP contribution in [0.1, 0.15) is 13.3 Å². The molecule has 0 radical (unpaired) electrons. The van der Waals surface area contributed by atoms with Crippen LogP contribution in [0.15, 0.2) is 18.2 Å². The fourth-order valence-electron chi connectivity index (χ4n) is 2.34. The van der Waals surface area contributed by atoms with Gasteiger partial charge in [-0.1, -0.05) is 0 Å². The molecule has 1 atom stereocenters. The van der Waals surface area contributed by atoms with Gasteiger partial charge in [0.1, 0.15) is 5.75 Å². The summed E-state index contributed by atoms with van der Waals surface area (Å²) < 4.78 is 10.5. The fourth-order valence-corrected chi connectivity index (χ4v) is 2.34. The molecule has 1 aliphatic rings. The van der Waals surface area contributed by atoms with E-state index in [0.717, 1.165) is 26.1 Å². The lowest BCUT2D eigenvalue weighted by atomic mass is 10.2. The van der Waals surface area contributed by atoms with Gasteiger partial charge in [-0.3, -0.25) is 9.69 Å². The second-order valence-corrected chi connectivity index (χ2v) is 5.12. The zero-order chi connectivity index (χ0) is 15.2. The molecule has 116 valence electrons. The van der Waals surface area contributed by atoms with Gasteiger partial charge in [0.05, 0.1) is 31.1 Å². The van der Waals surface area contributed by atoms with Crippen molar-refractivity contribution in [1.29, 1.82) is 0 Å². The summed E-state index contributed by atoms with van der Waals surface area (Å²) in [5, 5.41) is 2.88. The smallest absolute Gasteiger partial charge is 0.241 e. The van der Waals surface area contributed by atoms with E-state index in [-0.39, 0.29) is 11.9 Å². The Labute approximate surface area is 125 Å². The van der Waals surface area contributed by atoms with E-state index in [1.54, 1.807) is 25.3 Å². The summed E-state index contributed by atoms with van der Waals surface area (Å²) in [7, 11) is 1.58. The van der Waals surface area contributed by atoms with Crippen molar-refractivity contribution < 1.29 is 14.3 Å². The number of amides is 1. The Hall–Kier alpha value is -1.79. The molecule has 21 heavy (non-hydrogen) atoms. The Kier molecular flexibility index (Phi) is 5.41. The van der Waals surface area contributed by atoms with Gasteiger partial charge in [0.2, 0.25) is 5.91 Å². The summed E-state index contributed by atoms with van der Waals surface area (Å²) in [6.45, 7) is 4.97. The Morgan fingerprint density at radius 1 is 1.43 bits per heavy atom. The summed E-state index contributed by atoms with van der Waals surface area (Å²) in [5.41, 5.74) is 7.02. The molecule has 0 saturated carbocycles. The zero-order valence-electron chi connectivity index (χ0n) is 12.6. The van der Waals surface area contributed by atoms with Crippen LogP contribution in [0.5, 0.6) is 5.75 Å². The van der Waals surface area contributed by atoms with Crippen LogP contribution < -0.4 is 15.8 Å². The number of anilines is 2. The Morgan fingerprint density at radius 3 is 2.95 bits per heavy atom. The molecule has 0 aromatic heterocycles. The van der Waals surface area contributed by atoms with E-state index in [4.69, 9.17) is 15.2 Å². The molecule has 1 aromatic carbocycles. The number of carbonyl (C=O) groups excluding carboxylic acids is 1. The van der Waals surface area contributed by atoms with Crippen molar-refractivity contribution in [3.8, 4) is 5.75 Å². The first-order valence-electron chi connectivity index (χ1n) is 7.18. The minimum atomic E-state index is -0.215. The molecule has 1 unspecified atom stereocenters. The number of benzene rings is 1. The monoisotopic (exact) mass is 293 g/mol. The lowest BCUT2D eigenvalue weighted by Gasteiger charge is -2.26. The Morgan fingerprint density at radius 2 is 2.24 bits per heavy atom. The standard InChI is InChI=1S/C15H23N3O3/c1-11(18-6-3-8-21-9-7-18)15(19)17-14-5-4-12(20-2)10-13(14)16/h4-5,10-11H,3,6-9,16H2,1-2H3,(H,17,19). The first-order chi connectivity index (χ1) is 10.1. The number of hydrogen-bond donors (Lipinski definition) is 2. The number of methoxy groups -OCH3 is 1. The molecule has 1 aromatic rings. The van der Waals surface area contributed by atoms with Crippen LogP contribution in [0.3, 0.4) is 0 Å². The third-order valence-corrected chi connectivity index (χ3v) is 3.70. The molecule has 3 N–H and O–H groups in total. The lowest BCUT2D eigenvalue weighted by molar-refractivity contribution is -0.120. The predicted molar refractivity (Wildman–Crippen MR) is 82.5 cm³/mol. The first-order valence-corrected chi connectivity index (χ1v) is 7.18.